The molecule has 0 spiro atoms. The standard InChI is InChI=1S/C9H14N2/c1-9(2,6-10)11-4-7-3-8(7)5-11/h7-8H,3-5H2,1-2H3. The summed E-state index contributed by atoms with van der Waals surface area (Å²) in [5.41, 5.74) is -0.229. The summed E-state index contributed by atoms with van der Waals surface area (Å²) in [7, 11) is 0. The highest BCUT2D eigenvalue weighted by Crippen LogP contribution is 2.46. The predicted molar refractivity (Wildman–Crippen MR) is 42.9 cm³/mol. The van der Waals surface area contributed by atoms with E-state index in [1.807, 2.05) is 13.8 Å². The van der Waals surface area contributed by atoms with Crippen molar-refractivity contribution in [3.05, 3.63) is 0 Å². The molecule has 1 heterocycles. The summed E-state index contributed by atoms with van der Waals surface area (Å²) in [5.74, 6) is 1.87. The van der Waals surface area contributed by atoms with Gasteiger partial charge in [-0.25, -0.2) is 0 Å². The van der Waals surface area contributed by atoms with Crippen LogP contribution in [0, 0.1) is 23.2 Å². The van der Waals surface area contributed by atoms with E-state index in [0.717, 1.165) is 24.9 Å². The lowest BCUT2D eigenvalue weighted by Gasteiger charge is -2.29. The maximum Gasteiger partial charge on any atom is 0.103 e. The van der Waals surface area contributed by atoms with Crippen molar-refractivity contribution in [2.24, 2.45) is 11.8 Å². The summed E-state index contributed by atoms with van der Waals surface area (Å²) in [6.07, 6.45) is 1.41. The minimum absolute atomic E-state index is 0.229. The molecule has 60 valence electrons. The largest absolute Gasteiger partial charge is 0.285 e. The van der Waals surface area contributed by atoms with Crippen LogP contribution < -0.4 is 0 Å². The second-order valence-electron chi connectivity index (χ2n) is 4.33. The number of rotatable bonds is 1. The summed E-state index contributed by atoms with van der Waals surface area (Å²) < 4.78 is 0. The van der Waals surface area contributed by atoms with Gasteiger partial charge in [0.15, 0.2) is 0 Å². The van der Waals surface area contributed by atoms with Gasteiger partial charge in [0.2, 0.25) is 0 Å². The van der Waals surface area contributed by atoms with Crippen LogP contribution in [0.4, 0.5) is 0 Å². The van der Waals surface area contributed by atoms with Crippen molar-refractivity contribution >= 4 is 0 Å². The highest BCUT2D eigenvalue weighted by Gasteiger charge is 2.48. The fraction of sp³-hybridized carbons (Fsp3) is 0.889. The van der Waals surface area contributed by atoms with Gasteiger partial charge in [0.25, 0.3) is 0 Å². The number of nitrogens with zero attached hydrogens (tertiary/aromatic N) is 2. The highest BCUT2D eigenvalue weighted by atomic mass is 15.2. The van der Waals surface area contributed by atoms with Crippen molar-refractivity contribution in [3.63, 3.8) is 0 Å². The summed E-state index contributed by atoms with van der Waals surface area (Å²) in [4.78, 5) is 2.31. The maximum absolute atomic E-state index is 8.86. The molecule has 1 aliphatic heterocycles. The van der Waals surface area contributed by atoms with Crippen LogP contribution in [-0.2, 0) is 0 Å². The lowest BCUT2D eigenvalue weighted by atomic mass is 10.1. The smallest absolute Gasteiger partial charge is 0.103 e. The van der Waals surface area contributed by atoms with E-state index in [0.29, 0.717) is 0 Å². The quantitative estimate of drug-likeness (QED) is 0.562. The molecule has 0 amide bonds. The second kappa shape index (κ2) is 1.98. The van der Waals surface area contributed by atoms with Crippen molar-refractivity contribution in [2.75, 3.05) is 13.1 Å². The van der Waals surface area contributed by atoms with Gasteiger partial charge in [0.05, 0.1) is 6.07 Å². The van der Waals surface area contributed by atoms with Crippen molar-refractivity contribution in [1.29, 1.82) is 5.26 Å². The van der Waals surface area contributed by atoms with Crippen LogP contribution in [0.3, 0.4) is 0 Å². The average Bonchev–Trinajstić information content (AvgIpc) is 2.59. The molecule has 2 unspecified atom stereocenters. The predicted octanol–water partition coefficient (Wildman–Crippen LogP) is 1.24. The molecule has 1 aliphatic carbocycles. The second-order valence-corrected chi connectivity index (χ2v) is 4.33. The Balaban J connectivity index is 2.02. The van der Waals surface area contributed by atoms with E-state index in [9.17, 15) is 0 Å². The summed E-state index contributed by atoms with van der Waals surface area (Å²) in [6, 6.07) is 2.35. The first-order chi connectivity index (χ1) is 5.13. The number of nitriles is 1. The first-order valence-corrected chi connectivity index (χ1v) is 4.30. The van der Waals surface area contributed by atoms with Crippen LogP contribution in [-0.4, -0.2) is 23.5 Å². The third-order valence-electron chi connectivity index (χ3n) is 3.04. The SMILES string of the molecule is CC(C)(C#N)N1CC2CC2C1. The third-order valence-corrected chi connectivity index (χ3v) is 3.04. The Morgan fingerprint density at radius 3 is 2.36 bits per heavy atom. The van der Waals surface area contributed by atoms with Crippen LogP contribution in [0.1, 0.15) is 20.3 Å². The lowest BCUT2D eigenvalue weighted by Crippen LogP contribution is -2.42. The van der Waals surface area contributed by atoms with Gasteiger partial charge in [-0.3, -0.25) is 4.90 Å². The summed E-state index contributed by atoms with van der Waals surface area (Å²) >= 11 is 0. The molecule has 2 heteroatoms. The number of fused-ring (bicyclic) bond motifs is 1. The van der Waals surface area contributed by atoms with Gasteiger partial charge in [0.1, 0.15) is 5.54 Å². The van der Waals surface area contributed by atoms with E-state index in [1.54, 1.807) is 0 Å². The Bertz CT molecular complexity index is 204. The van der Waals surface area contributed by atoms with Crippen molar-refractivity contribution in [1.82, 2.24) is 4.90 Å². The molecular weight excluding hydrogens is 136 g/mol. The first kappa shape index (κ1) is 7.12. The number of piperidine rings is 1. The van der Waals surface area contributed by atoms with E-state index >= 15 is 0 Å². The molecule has 2 atom stereocenters. The molecule has 11 heavy (non-hydrogen) atoms. The molecular formula is C9H14N2. The van der Waals surface area contributed by atoms with Gasteiger partial charge in [-0.1, -0.05) is 0 Å². The van der Waals surface area contributed by atoms with E-state index in [-0.39, 0.29) is 5.54 Å². The first-order valence-electron chi connectivity index (χ1n) is 4.30. The van der Waals surface area contributed by atoms with Gasteiger partial charge in [-0.15, -0.1) is 0 Å². The van der Waals surface area contributed by atoms with Gasteiger partial charge < -0.3 is 0 Å². The monoisotopic (exact) mass is 150 g/mol. The Morgan fingerprint density at radius 2 is 1.91 bits per heavy atom. The van der Waals surface area contributed by atoms with E-state index in [4.69, 9.17) is 5.26 Å². The fourth-order valence-corrected chi connectivity index (χ4v) is 1.93. The van der Waals surface area contributed by atoms with Crippen molar-refractivity contribution in [3.8, 4) is 6.07 Å². The molecule has 1 saturated heterocycles. The highest BCUT2D eigenvalue weighted by molar-refractivity contribution is 5.08. The molecule has 0 N–H and O–H groups in total. The van der Waals surface area contributed by atoms with E-state index in [2.05, 4.69) is 11.0 Å². The van der Waals surface area contributed by atoms with E-state index < -0.39 is 0 Å². The Morgan fingerprint density at radius 1 is 1.36 bits per heavy atom. The molecule has 0 aromatic rings. The van der Waals surface area contributed by atoms with Crippen LogP contribution in [0.5, 0.6) is 0 Å². The van der Waals surface area contributed by atoms with Crippen molar-refractivity contribution < 1.29 is 0 Å². The fourth-order valence-electron chi connectivity index (χ4n) is 1.93. The number of hydrogen-bond acceptors (Lipinski definition) is 2. The molecule has 2 aliphatic rings. The van der Waals surface area contributed by atoms with Gasteiger partial charge in [-0.2, -0.15) is 5.26 Å². The zero-order chi connectivity index (χ0) is 8.06. The van der Waals surface area contributed by atoms with E-state index in [1.165, 1.54) is 6.42 Å². The zero-order valence-corrected chi connectivity index (χ0v) is 7.17. The minimum atomic E-state index is -0.229. The molecule has 0 bridgehead atoms. The van der Waals surface area contributed by atoms with Gasteiger partial charge in [0, 0.05) is 13.1 Å². The molecule has 1 saturated carbocycles. The number of likely N-dealkylation sites (tertiary alicyclic amines) is 1. The topological polar surface area (TPSA) is 27.0 Å². The maximum atomic E-state index is 8.86. The molecule has 2 rings (SSSR count). The minimum Gasteiger partial charge on any atom is -0.285 e. The summed E-state index contributed by atoms with van der Waals surface area (Å²) in [6.45, 7) is 6.34. The zero-order valence-electron chi connectivity index (χ0n) is 7.17. The molecule has 0 radical (unpaired) electrons. The Hall–Kier alpha value is -0.550. The molecule has 2 fully saturated rings. The molecule has 0 aromatic carbocycles. The lowest BCUT2D eigenvalue weighted by molar-refractivity contribution is 0.189. The Labute approximate surface area is 67.8 Å². The number of hydrogen-bond donors (Lipinski definition) is 0. The molecule has 0 aromatic heterocycles. The van der Waals surface area contributed by atoms with Crippen LogP contribution in [0.2, 0.25) is 0 Å². The average molecular weight is 150 g/mol. The normalized spacial score (nSPS) is 36.5. The molecule has 2 nitrogen and oxygen atoms in total. The Kier molecular flexibility index (Phi) is 1.28. The van der Waals surface area contributed by atoms with Crippen LogP contribution in [0.15, 0.2) is 0 Å². The van der Waals surface area contributed by atoms with Crippen LogP contribution in [0.25, 0.3) is 0 Å². The van der Waals surface area contributed by atoms with Crippen LogP contribution >= 0.6 is 0 Å². The van der Waals surface area contributed by atoms with Gasteiger partial charge in [-0.05, 0) is 32.1 Å². The van der Waals surface area contributed by atoms with Crippen molar-refractivity contribution in [2.45, 2.75) is 25.8 Å². The van der Waals surface area contributed by atoms with Gasteiger partial charge >= 0.3 is 0 Å². The summed E-state index contributed by atoms with van der Waals surface area (Å²) in [5, 5.41) is 8.86. The third kappa shape index (κ3) is 1.04.